The smallest absolute Gasteiger partial charge is 0.231 e. The highest BCUT2D eigenvalue weighted by atomic mass is 32.2. The molecule has 2 rings (SSSR count). The lowest BCUT2D eigenvalue weighted by Gasteiger charge is -2.27. The van der Waals surface area contributed by atoms with Crippen LogP contribution in [-0.2, 0) is 22.7 Å². The van der Waals surface area contributed by atoms with Crippen LogP contribution >= 0.6 is 11.8 Å². The first kappa shape index (κ1) is 22.2. The molecule has 1 saturated heterocycles. The number of hydrogen-bond donors (Lipinski definition) is 1. The fraction of sp³-hybridized carbons (Fsp3) is 0.737. The summed E-state index contributed by atoms with van der Waals surface area (Å²) in [4.78, 5) is 26.4. The highest BCUT2D eigenvalue weighted by Gasteiger charge is 2.30. The van der Waals surface area contributed by atoms with Gasteiger partial charge in [0, 0.05) is 19.5 Å². The zero-order valence-electron chi connectivity index (χ0n) is 17.2. The number of thioether (sulfide) groups is 1. The van der Waals surface area contributed by atoms with Gasteiger partial charge in [0.1, 0.15) is 5.54 Å². The molecule has 1 N–H and O–H groups in total. The molecule has 0 spiro atoms. The molecular formula is C19H30N6O2S. The van der Waals surface area contributed by atoms with E-state index >= 15 is 0 Å². The molecule has 2 heterocycles. The number of amides is 2. The number of likely N-dealkylation sites (tertiary alicyclic amines) is 1. The molecule has 1 aliphatic heterocycles. The Labute approximate surface area is 171 Å². The summed E-state index contributed by atoms with van der Waals surface area (Å²) < 4.78 is 1.95. The van der Waals surface area contributed by atoms with Crippen LogP contribution in [0.1, 0.15) is 59.2 Å². The molecule has 1 aromatic heterocycles. The minimum Gasteiger partial charge on any atom is -0.337 e. The first-order valence-corrected chi connectivity index (χ1v) is 10.8. The Hall–Kier alpha value is -2.08. The molecule has 0 bridgehead atoms. The molecule has 154 valence electrons. The van der Waals surface area contributed by atoms with Crippen LogP contribution in [0.4, 0.5) is 0 Å². The molecule has 1 fully saturated rings. The second-order valence-electron chi connectivity index (χ2n) is 7.57. The highest BCUT2D eigenvalue weighted by Crippen LogP contribution is 2.21. The lowest BCUT2D eigenvalue weighted by Crippen LogP contribution is -2.49. The van der Waals surface area contributed by atoms with Crippen LogP contribution in [0.2, 0.25) is 0 Å². The van der Waals surface area contributed by atoms with Gasteiger partial charge < -0.3 is 14.8 Å². The first-order valence-electron chi connectivity index (χ1n) is 9.85. The lowest BCUT2D eigenvalue weighted by atomic mass is 9.90. The van der Waals surface area contributed by atoms with E-state index in [9.17, 15) is 14.9 Å². The molecule has 0 radical (unpaired) electrons. The van der Waals surface area contributed by atoms with Crippen molar-refractivity contribution in [3.8, 4) is 6.07 Å². The minimum atomic E-state index is -0.894. The summed E-state index contributed by atoms with van der Waals surface area (Å²) >= 11 is 1.29. The summed E-state index contributed by atoms with van der Waals surface area (Å²) in [7, 11) is 0. The SMILES string of the molecule is CCn1c(CN2CCCCCC2=O)nnc1SCC(=O)N[C@@](C)(C#N)C(C)C. The average molecular weight is 407 g/mol. The molecule has 8 nitrogen and oxygen atoms in total. The van der Waals surface area contributed by atoms with Gasteiger partial charge in [-0.05, 0) is 32.6 Å². The van der Waals surface area contributed by atoms with E-state index in [1.165, 1.54) is 11.8 Å². The molecule has 9 heteroatoms. The van der Waals surface area contributed by atoms with Gasteiger partial charge in [-0.3, -0.25) is 9.59 Å². The van der Waals surface area contributed by atoms with Crippen molar-refractivity contribution in [1.82, 2.24) is 25.0 Å². The molecule has 1 aliphatic rings. The minimum absolute atomic E-state index is 0.00325. The summed E-state index contributed by atoms with van der Waals surface area (Å²) in [5, 5.41) is 21.3. The van der Waals surface area contributed by atoms with E-state index in [2.05, 4.69) is 21.6 Å². The Balaban J connectivity index is 2.00. The van der Waals surface area contributed by atoms with Crippen LogP contribution in [-0.4, -0.2) is 49.3 Å². The first-order chi connectivity index (χ1) is 13.3. The highest BCUT2D eigenvalue weighted by molar-refractivity contribution is 7.99. The van der Waals surface area contributed by atoms with E-state index in [-0.39, 0.29) is 23.5 Å². The van der Waals surface area contributed by atoms with Crippen LogP contribution in [0.5, 0.6) is 0 Å². The largest absolute Gasteiger partial charge is 0.337 e. The Morgan fingerprint density at radius 2 is 2.11 bits per heavy atom. The normalized spacial score (nSPS) is 17.1. The maximum atomic E-state index is 12.3. The number of hydrogen-bond acceptors (Lipinski definition) is 6. The van der Waals surface area contributed by atoms with E-state index in [0.29, 0.717) is 24.7 Å². The van der Waals surface area contributed by atoms with Crippen molar-refractivity contribution in [3.05, 3.63) is 5.82 Å². The summed E-state index contributed by atoms with van der Waals surface area (Å²) in [6, 6.07) is 2.18. The van der Waals surface area contributed by atoms with Crippen molar-refractivity contribution in [1.29, 1.82) is 5.26 Å². The van der Waals surface area contributed by atoms with Gasteiger partial charge in [0.25, 0.3) is 0 Å². The standard InChI is InChI=1S/C19H30N6O2S/c1-5-25-15(11-24-10-8-6-7-9-17(24)27)22-23-18(25)28-12-16(26)21-19(4,13-20)14(2)3/h14H,5-12H2,1-4H3,(H,21,26)/t19-/m0/s1. The Morgan fingerprint density at radius 3 is 2.75 bits per heavy atom. The van der Waals surface area contributed by atoms with Gasteiger partial charge in [-0.1, -0.05) is 32.0 Å². The molecule has 1 aromatic rings. The van der Waals surface area contributed by atoms with Gasteiger partial charge in [0.15, 0.2) is 11.0 Å². The zero-order valence-corrected chi connectivity index (χ0v) is 18.0. The van der Waals surface area contributed by atoms with Gasteiger partial charge >= 0.3 is 0 Å². The van der Waals surface area contributed by atoms with Crippen LogP contribution in [0.3, 0.4) is 0 Å². The summed E-state index contributed by atoms with van der Waals surface area (Å²) in [5.74, 6) is 0.858. The zero-order chi connectivity index (χ0) is 20.7. The van der Waals surface area contributed by atoms with E-state index in [0.717, 1.165) is 31.6 Å². The van der Waals surface area contributed by atoms with Crippen LogP contribution in [0, 0.1) is 17.2 Å². The third-order valence-corrected chi connectivity index (χ3v) is 6.20. The topological polar surface area (TPSA) is 104 Å². The Morgan fingerprint density at radius 1 is 1.36 bits per heavy atom. The average Bonchev–Trinajstić information content (AvgIpc) is 2.94. The van der Waals surface area contributed by atoms with Crippen molar-refractivity contribution >= 4 is 23.6 Å². The second-order valence-corrected chi connectivity index (χ2v) is 8.52. The van der Waals surface area contributed by atoms with E-state index in [4.69, 9.17) is 0 Å². The third-order valence-electron chi connectivity index (χ3n) is 5.23. The van der Waals surface area contributed by atoms with Crippen molar-refractivity contribution in [2.45, 2.75) is 77.2 Å². The van der Waals surface area contributed by atoms with Gasteiger partial charge in [0.05, 0.1) is 18.4 Å². The fourth-order valence-corrected chi connectivity index (χ4v) is 3.82. The Bertz CT molecular complexity index is 741. The number of nitrogens with one attached hydrogen (secondary N) is 1. The number of aromatic nitrogens is 3. The molecule has 2 amide bonds. The van der Waals surface area contributed by atoms with Crippen molar-refractivity contribution in [2.24, 2.45) is 5.92 Å². The number of nitrogens with zero attached hydrogens (tertiary/aromatic N) is 5. The lowest BCUT2D eigenvalue weighted by molar-refractivity contribution is -0.131. The van der Waals surface area contributed by atoms with Gasteiger partial charge in [0.2, 0.25) is 11.8 Å². The van der Waals surface area contributed by atoms with Gasteiger partial charge in [-0.15, -0.1) is 10.2 Å². The maximum absolute atomic E-state index is 12.3. The number of carbonyl (C=O) groups is 2. The summed E-state index contributed by atoms with van der Waals surface area (Å²) in [5.41, 5.74) is -0.894. The molecule has 28 heavy (non-hydrogen) atoms. The molecule has 0 saturated carbocycles. The molecule has 1 atom stereocenters. The van der Waals surface area contributed by atoms with Crippen molar-refractivity contribution in [3.63, 3.8) is 0 Å². The second kappa shape index (κ2) is 9.92. The van der Waals surface area contributed by atoms with Crippen LogP contribution in [0.25, 0.3) is 0 Å². The third kappa shape index (κ3) is 5.47. The van der Waals surface area contributed by atoms with Crippen molar-refractivity contribution in [2.75, 3.05) is 12.3 Å². The molecule has 0 unspecified atom stereocenters. The van der Waals surface area contributed by atoms with Crippen LogP contribution < -0.4 is 5.32 Å². The fourth-order valence-electron chi connectivity index (χ4n) is 2.99. The Kier molecular flexibility index (Phi) is 7.87. The number of nitriles is 1. The van der Waals surface area contributed by atoms with E-state index < -0.39 is 5.54 Å². The molecule has 0 aliphatic carbocycles. The summed E-state index contributed by atoms with van der Waals surface area (Å²) in [6.45, 7) is 9.39. The van der Waals surface area contributed by atoms with E-state index in [1.807, 2.05) is 30.2 Å². The monoisotopic (exact) mass is 406 g/mol. The number of carbonyl (C=O) groups excluding carboxylic acids is 2. The van der Waals surface area contributed by atoms with Crippen LogP contribution in [0.15, 0.2) is 5.16 Å². The predicted octanol–water partition coefficient (Wildman–Crippen LogP) is 2.35. The predicted molar refractivity (Wildman–Crippen MR) is 107 cm³/mol. The molecular weight excluding hydrogens is 376 g/mol. The molecule has 0 aromatic carbocycles. The quantitative estimate of drug-likeness (QED) is 0.665. The maximum Gasteiger partial charge on any atom is 0.231 e. The van der Waals surface area contributed by atoms with Gasteiger partial charge in [-0.25, -0.2) is 0 Å². The van der Waals surface area contributed by atoms with Gasteiger partial charge in [-0.2, -0.15) is 5.26 Å². The van der Waals surface area contributed by atoms with Crippen molar-refractivity contribution < 1.29 is 9.59 Å². The summed E-state index contributed by atoms with van der Waals surface area (Å²) in [6.07, 6.45) is 3.64. The van der Waals surface area contributed by atoms with E-state index in [1.54, 1.807) is 6.92 Å². The number of rotatable bonds is 8.